The van der Waals surface area contributed by atoms with E-state index in [4.69, 9.17) is 5.11 Å². The molecule has 1 saturated heterocycles. The van der Waals surface area contributed by atoms with E-state index in [0.29, 0.717) is 13.0 Å². The standard InChI is InChI=1S/C7H12N2O3/c1-5(11)8-6-2-3-9(4-10)7(6)12/h6,10H,2-4H2,1H3,(H,8,11). The zero-order valence-corrected chi connectivity index (χ0v) is 6.91. The fourth-order valence-electron chi connectivity index (χ4n) is 1.26. The van der Waals surface area contributed by atoms with Crippen LogP contribution in [0.2, 0.25) is 0 Å². The zero-order chi connectivity index (χ0) is 9.14. The van der Waals surface area contributed by atoms with E-state index in [9.17, 15) is 9.59 Å². The summed E-state index contributed by atoms with van der Waals surface area (Å²) >= 11 is 0. The number of rotatable bonds is 2. The van der Waals surface area contributed by atoms with Crippen LogP contribution in [0, 0.1) is 0 Å². The van der Waals surface area contributed by atoms with Crippen molar-refractivity contribution in [3.63, 3.8) is 0 Å². The second kappa shape index (κ2) is 3.53. The number of hydrogen-bond acceptors (Lipinski definition) is 3. The molecule has 0 aromatic rings. The molecule has 12 heavy (non-hydrogen) atoms. The molecular formula is C7H12N2O3. The summed E-state index contributed by atoms with van der Waals surface area (Å²) in [7, 11) is 0. The van der Waals surface area contributed by atoms with Crippen molar-refractivity contribution in [1.29, 1.82) is 0 Å². The minimum absolute atomic E-state index is 0.201. The van der Waals surface area contributed by atoms with E-state index in [1.54, 1.807) is 0 Å². The molecule has 5 nitrogen and oxygen atoms in total. The molecule has 0 radical (unpaired) electrons. The van der Waals surface area contributed by atoms with Crippen LogP contribution in [-0.2, 0) is 9.59 Å². The Balaban J connectivity index is 2.49. The van der Waals surface area contributed by atoms with Crippen LogP contribution in [0.25, 0.3) is 0 Å². The van der Waals surface area contributed by atoms with Gasteiger partial charge in [-0.05, 0) is 6.42 Å². The summed E-state index contributed by atoms with van der Waals surface area (Å²) in [5.74, 6) is -0.416. The molecule has 0 bridgehead atoms. The summed E-state index contributed by atoms with van der Waals surface area (Å²) in [5, 5.41) is 11.2. The molecule has 1 heterocycles. The summed E-state index contributed by atoms with van der Waals surface area (Å²) in [6.45, 7) is 1.62. The first-order chi connectivity index (χ1) is 5.65. The van der Waals surface area contributed by atoms with Crippen molar-refractivity contribution in [2.45, 2.75) is 19.4 Å². The van der Waals surface area contributed by atoms with Crippen LogP contribution in [-0.4, -0.2) is 41.1 Å². The lowest BCUT2D eigenvalue weighted by Gasteiger charge is -2.12. The molecule has 1 fully saturated rings. The Morgan fingerprint density at radius 2 is 2.50 bits per heavy atom. The number of amides is 2. The molecule has 1 rings (SSSR count). The number of carbonyl (C=O) groups is 2. The lowest BCUT2D eigenvalue weighted by Crippen LogP contribution is -2.40. The van der Waals surface area contributed by atoms with Crippen LogP contribution in [0.4, 0.5) is 0 Å². The lowest BCUT2D eigenvalue weighted by atomic mass is 10.2. The van der Waals surface area contributed by atoms with Gasteiger partial charge in [0.05, 0.1) is 0 Å². The number of nitrogens with zero attached hydrogens (tertiary/aromatic N) is 1. The maximum atomic E-state index is 11.2. The largest absolute Gasteiger partial charge is 0.376 e. The molecule has 5 heteroatoms. The van der Waals surface area contributed by atoms with E-state index >= 15 is 0 Å². The van der Waals surface area contributed by atoms with E-state index in [2.05, 4.69) is 5.32 Å². The van der Waals surface area contributed by atoms with Gasteiger partial charge in [-0.3, -0.25) is 9.59 Å². The topological polar surface area (TPSA) is 69.6 Å². The Morgan fingerprint density at radius 1 is 1.83 bits per heavy atom. The van der Waals surface area contributed by atoms with Gasteiger partial charge in [0.1, 0.15) is 12.8 Å². The number of aliphatic hydroxyl groups excluding tert-OH is 1. The van der Waals surface area contributed by atoms with Gasteiger partial charge in [0, 0.05) is 13.5 Å². The van der Waals surface area contributed by atoms with E-state index in [-0.39, 0.29) is 18.5 Å². The van der Waals surface area contributed by atoms with Gasteiger partial charge in [0.2, 0.25) is 11.8 Å². The monoisotopic (exact) mass is 172 g/mol. The lowest BCUT2D eigenvalue weighted by molar-refractivity contribution is -0.134. The SMILES string of the molecule is CC(=O)NC1CCN(CO)C1=O. The predicted molar refractivity (Wildman–Crippen MR) is 41.0 cm³/mol. The second-order valence-electron chi connectivity index (χ2n) is 2.78. The Morgan fingerprint density at radius 3 is 2.92 bits per heavy atom. The number of carbonyl (C=O) groups excluding carboxylic acids is 2. The highest BCUT2D eigenvalue weighted by Crippen LogP contribution is 2.09. The summed E-state index contributed by atoms with van der Waals surface area (Å²) < 4.78 is 0. The van der Waals surface area contributed by atoms with Crippen molar-refractivity contribution >= 4 is 11.8 Å². The van der Waals surface area contributed by atoms with Crippen molar-refractivity contribution in [2.24, 2.45) is 0 Å². The van der Waals surface area contributed by atoms with Gasteiger partial charge in [-0.1, -0.05) is 0 Å². The van der Waals surface area contributed by atoms with Crippen LogP contribution >= 0.6 is 0 Å². The smallest absolute Gasteiger partial charge is 0.247 e. The molecule has 1 atom stereocenters. The molecule has 1 unspecified atom stereocenters. The van der Waals surface area contributed by atoms with Gasteiger partial charge in [0.15, 0.2) is 0 Å². The van der Waals surface area contributed by atoms with Gasteiger partial charge in [-0.15, -0.1) is 0 Å². The van der Waals surface area contributed by atoms with Crippen LogP contribution in [0.15, 0.2) is 0 Å². The van der Waals surface area contributed by atoms with Crippen molar-refractivity contribution in [2.75, 3.05) is 13.3 Å². The maximum absolute atomic E-state index is 11.2. The normalized spacial score (nSPS) is 23.0. The van der Waals surface area contributed by atoms with Crippen molar-refractivity contribution in [3.8, 4) is 0 Å². The van der Waals surface area contributed by atoms with E-state index in [0.717, 1.165) is 0 Å². The van der Waals surface area contributed by atoms with Crippen LogP contribution in [0.3, 0.4) is 0 Å². The molecule has 0 aromatic carbocycles. The maximum Gasteiger partial charge on any atom is 0.247 e. The summed E-state index contributed by atoms with van der Waals surface area (Å²) in [6, 6.07) is -0.436. The third kappa shape index (κ3) is 1.73. The van der Waals surface area contributed by atoms with Crippen LogP contribution < -0.4 is 5.32 Å². The Labute approximate surface area is 70.4 Å². The first-order valence-electron chi connectivity index (χ1n) is 3.82. The van der Waals surface area contributed by atoms with Gasteiger partial charge in [-0.25, -0.2) is 0 Å². The zero-order valence-electron chi connectivity index (χ0n) is 6.91. The average molecular weight is 172 g/mol. The molecule has 2 amide bonds. The third-order valence-electron chi connectivity index (χ3n) is 1.85. The van der Waals surface area contributed by atoms with Gasteiger partial charge in [-0.2, -0.15) is 0 Å². The molecule has 68 valence electrons. The van der Waals surface area contributed by atoms with Crippen molar-refractivity contribution in [1.82, 2.24) is 10.2 Å². The highest BCUT2D eigenvalue weighted by molar-refractivity contribution is 5.88. The van der Waals surface area contributed by atoms with Crippen molar-refractivity contribution in [3.05, 3.63) is 0 Å². The van der Waals surface area contributed by atoms with Gasteiger partial charge < -0.3 is 15.3 Å². The highest BCUT2D eigenvalue weighted by atomic mass is 16.3. The third-order valence-corrected chi connectivity index (χ3v) is 1.85. The van der Waals surface area contributed by atoms with E-state index in [1.165, 1.54) is 11.8 Å². The molecular weight excluding hydrogens is 160 g/mol. The predicted octanol–water partition coefficient (Wildman–Crippen LogP) is -1.33. The molecule has 0 spiro atoms. The first kappa shape index (κ1) is 8.99. The Hall–Kier alpha value is -1.10. The van der Waals surface area contributed by atoms with Gasteiger partial charge >= 0.3 is 0 Å². The van der Waals surface area contributed by atoms with Crippen LogP contribution in [0.1, 0.15) is 13.3 Å². The highest BCUT2D eigenvalue weighted by Gasteiger charge is 2.31. The fourth-order valence-corrected chi connectivity index (χ4v) is 1.26. The minimum Gasteiger partial charge on any atom is -0.376 e. The molecule has 1 aliphatic heterocycles. The van der Waals surface area contributed by atoms with Crippen LogP contribution in [0.5, 0.6) is 0 Å². The number of hydrogen-bond donors (Lipinski definition) is 2. The van der Waals surface area contributed by atoms with Gasteiger partial charge in [0.25, 0.3) is 0 Å². The summed E-state index contributed by atoms with van der Waals surface area (Å²) in [5.41, 5.74) is 0. The molecule has 0 aliphatic carbocycles. The number of nitrogens with one attached hydrogen (secondary N) is 1. The van der Waals surface area contributed by atoms with E-state index < -0.39 is 6.04 Å². The number of aliphatic hydroxyl groups is 1. The van der Waals surface area contributed by atoms with E-state index in [1.807, 2.05) is 0 Å². The Bertz CT molecular complexity index is 205. The quantitative estimate of drug-likeness (QED) is 0.542. The molecule has 1 aliphatic rings. The summed E-state index contributed by atoms with van der Waals surface area (Å²) in [4.78, 5) is 23.1. The average Bonchev–Trinajstić information content (AvgIpc) is 2.32. The molecule has 0 saturated carbocycles. The minimum atomic E-state index is -0.436. The first-order valence-corrected chi connectivity index (χ1v) is 3.82. The molecule has 0 aromatic heterocycles. The fraction of sp³-hybridized carbons (Fsp3) is 0.714. The second-order valence-corrected chi connectivity index (χ2v) is 2.78. The number of likely N-dealkylation sites (tertiary alicyclic amines) is 1. The summed E-state index contributed by atoms with van der Waals surface area (Å²) in [6.07, 6.45) is 0.582. The Kier molecular flexibility index (Phi) is 2.65. The molecule has 2 N–H and O–H groups in total. The van der Waals surface area contributed by atoms with Crippen molar-refractivity contribution < 1.29 is 14.7 Å².